The van der Waals surface area contributed by atoms with Crippen LogP contribution < -0.4 is 0 Å². The quantitative estimate of drug-likeness (QED) is 0.830. The first kappa shape index (κ1) is 12.5. The minimum atomic E-state index is -3.55. The highest BCUT2D eigenvalue weighted by atomic mass is 32.2. The Morgan fingerprint density at radius 1 is 1.41 bits per heavy atom. The standard InChI is InChI=1S/C12H16FNO2S/c1-3-14(11-6-7-11)17(15,16)12-8-10(13)5-4-9(12)2/h4-5,8,11H,3,6-7H2,1-2H3. The van der Waals surface area contributed by atoms with E-state index in [1.54, 1.807) is 6.92 Å². The van der Waals surface area contributed by atoms with Crippen LogP contribution in [0.2, 0.25) is 0 Å². The summed E-state index contributed by atoms with van der Waals surface area (Å²) in [6.45, 7) is 3.93. The Kier molecular flexibility index (Phi) is 3.23. The Labute approximate surface area is 101 Å². The number of aryl methyl sites for hydroxylation is 1. The van der Waals surface area contributed by atoms with Gasteiger partial charge in [0, 0.05) is 12.6 Å². The number of nitrogens with zero attached hydrogens (tertiary/aromatic N) is 1. The topological polar surface area (TPSA) is 37.4 Å². The normalized spacial score (nSPS) is 16.5. The number of rotatable bonds is 4. The van der Waals surface area contributed by atoms with Gasteiger partial charge in [-0.3, -0.25) is 0 Å². The van der Waals surface area contributed by atoms with E-state index >= 15 is 0 Å². The molecule has 1 aliphatic rings. The summed E-state index contributed by atoms with van der Waals surface area (Å²) in [5.41, 5.74) is 0.588. The highest BCUT2D eigenvalue weighted by Gasteiger charge is 2.37. The van der Waals surface area contributed by atoms with Crippen LogP contribution in [0.1, 0.15) is 25.3 Å². The molecule has 1 aromatic rings. The van der Waals surface area contributed by atoms with Gasteiger partial charge in [-0.15, -0.1) is 0 Å². The Hall–Kier alpha value is -0.940. The summed E-state index contributed by atoms with van der Waals surface area (Å²) >= 11 is 0. The van der Waals surface area contributed by atoms with E-state index in [1.165, 1.54) is 16.4 Å². The summed E-state index contributed by atoms with van der Waals surface area (Å²) in [6.07, 6.45) is 1.81. The first-order chi connectivity index (χ1) is 7.96. The summed E-state index contributed by atoms with van der Waals surface area (Å²) in [6, 6.07) is 3.99. The summed E-state index contributed by atoms with van der Waals surface area (Å²) < 4.78 is 39.4. The van der Waals surface area contributed by atoms with Crippen molar-refractivity contribution in [3.63, 3.8) is 0 Å². The molecule has 0 saturated heterocycles. The average Bonchev–Trinajstić information content (AvgIpc) is 3.06. The zero-order valence-electron chi connectivity index (χ0n) is 9.98. The second-order valence-corrected chi connectivity index (χ2v) is 6.21. The second kappa shape index (κ2) is 4.38. The maximum Gasteiger partial charge on any atom is 0.243 e. The van der Waals surface area contributed by atoms with Crippen molar-refractivity contribution in [1.29, 1.82) is 0 Å². The van der Waals surface area contributed by atoms with E-state index in [1.807, 2.05) is 6.92 Å². The number of halogens is 1. The number of hydrogen-bond acceptors (Lipinski definition) is 2. The Morgan fingerprint density at radius 3 is 2.59 bits per heavy atom. The first-order valence-electron chi connectivity index (χ1n) is 5.75. The van der Waals surface area contributed by atoms with Crippen molar-refractivity contribution in [1.82, 2.24) is 4.31 Å². The molecule has 0 amide bonds. The van der Waals surface area contributed by atoms with Gasteiger partial charge in [0.15, 0.2) is 0 Å². The van der Waals surface area contributed by atoms with Gasteiger partial charge in [-0.05, 0) is 37.5 Å². The zero-order valence-corrected chi connectivity index (χ0v) is 10.8. The summed E-state index contributed by atoms with van der Waals surface area (Å²) in [5, 5.41) is 0. The third-order valence-electron chi connectivity index (χ3n) is 3.00. The zero-order chi connectivity index (χ0) is 12.6. The molecule has 0 heterocycles. The molecule has 0 N–H and O–H groups in total. The van der Waals surface area contributed by atoms with Gasteiger partial charge in [0.2, 0.25) is 10.0 Å². The molecule has 0 aliphatic heterocycles. The summed E-state index contributed by atoms with van der Waals surface area (Å²) in [7, 11) is -3.55. The van der Waals surface area contributed by atoms with E-state index in [9.17, 15) is 12.8 Å². The van der Waals surface area contributed by atoms with Gasteiger partial charge >= 0.3 is 0 Å². The molecule has 2 rings (SSSR count). The van der Waals surface area contributed by atoms with Crippen molar-refractivity contribution in [2.75, 3.05) is 6.54 Å². The van der Waals surface area contributed by atoms with E-state index in [2.05, 4.69) is 0 Å². The van der Waals surface area contributed by atoms with Crippen LogP contribution in [0.3, 0.4) is 0 Å². The summed E-state index contributed by atoms with van der Waals surface area (Å²) in [4.78, 5) is 0.0891. The third kappa shape index (κ3) is 2.35. The molecule has 0 unspecified atom stereocenters. The highest BCUT2D eigenvalue weighted by molar-refractivity contribution is 7.89. The van der Waals surface area contributed by atoms with Crippen LogP contribution in [0, 0.1) is 12.7 Å². The largest absolute Gasteiger partial charge is 0.243 e. The molecular weight excluding hydrogens is 241 g/mol. The predicted molar refractivity (Wildman–Crippen MR) is 63.7 cm³/mol. The molecule has 0 radical (unpaired) electrons. The van der Waals surface area contributed by atoms with Gasteiger partial charge < -0.3 is 0 Å². The molecule has 0 bridgehead atoms. The molecule has 1 aromatic carbocycles. The van der Waals surface area contributed by atoms with Gasteiger partial charge in [-0.2, -0.15) is 4.31 Å². The molecule has 94 valence electrons. The van der Waals surface area contributed by atoms with Crippen LogP contribution in [0.15, 0.2) is 23.1 Å². The van der Waals surface area contributed by atoms with Crippen molar-refractivity contribution in [3.8, 4) is 0 Å². The molecule has 1 saturated carbocycles. The van der Waals surface area contributed by atoms with Crippen LogP contribution in [0.25, 0.3) is 0 Å². The lowest BCUT2D eigenvalue weighted by Gasteiger charge is -2.21. The lowest BCUT2D eigenvalue weighted by atomic mass is 10.2. The maximum atomic E-state index is 13.2. The van der Waals surface area contributed by atoms with Crippen molar-refractivity contribution in [3.05, 3.63) is 29.6 Å². The van der Waals surface area contributed by atoms with E-state index in [0.29, 0.717) is 12.1 Å². The second-order valence-electron chi connectivity index (χ2n) is 4.35. The molecule has 0 aromatic heterocycles. The van der Waals surface area contributed by atoms with Crippen molar-refractivity contribution in [2.24, 2.45) is 0 Å². The number of sulfonamides is 1. The van der Waals surface area contributed by atoms with Crippen LogP contribution in [-0.2, 0) is 10.0 Å². The molecule has 1 aliphatic carbocycles. The number of benzene rings is 1. The predicted octanol–water partition coefficient (Wildman–Crippen LogP) is 2.31. The minimum Gasteiger partial charge on any atom is -0.207 e. The smallest absolute Gasteiger partial charge is 0.207 e. The van der Waals surface area contributed by atoms with E-state index in [0.717, 1.165) is 18.9 Å². The Bertz CT molecular complexity index is 523. The van der Waals surface area contributed by atoms with Crippen LogP contribution in [0.5, 0.6) is 0 Å². The van der Waals surface area contributed by atoms with Gasteiger partial charge in [-0.25, -0.2) is 12.8 Å². The Morgan fingerprint density at radius 2 is 2.06 bits per heavy atom. The molecular formula is C12H16FNO2S. The van der Waals surface area contributed by atoms with Crippen molar-refractivity contribution in [2.45, 2.75) is 37.6 Å². The summed E-state index contributed by atoms with van der Waals surface area (Å²) in [5.74, 6) is -0.513. The van der Waals surface area contributed by atoms with Gasteiger partial charge in [0.1, 0.15) is 5.82 Å². The molecule has 5 heteroatoms. The maximum absolute atomic E-state index is 13.2. The fraction of sp³-hybridized carbons (Fsp3) is 0.500. The molecule has 1 fully saturated rings. The van der Waals surface area contributed by atoms with Crippen LogP contribution in [0.4, 0.5) is 4.39 Å². The molecule has 3 nitrogen and oxygen atoms in total. The number of hydrogen-bond donors (Lipinski definition) is 0. The monoisotopic (exact) mass is 257 g/mol. The Balaban J connectivity index is 2.46. The van der Waals surface area contributed by atoms with Gasteiger partial charge in [0.25, 0.3) is 0 Å². The highest BCUT2D eigenvalue weighted by Crippen LogP contribution is 2.32. The molecule has 17 heavy (non-hydrogen) atoms. The third-order valence-corrected chi connectivity index (χ3v) is 5.17. The lowest BCUT2D eigenvalue weighted by Crippen LogP contribution is -2.33. The van der Waals surface area contributed by atoms with Crippen LogP contribution >= 0.6 is 0 Å². The fourth-order valence-corrected chi connectivity index (χ4v) is 3.90. The van der Waals surface area contributed by atoms with E-state index in [4.69, 9.17) is 0 Å². The van der Waals surface area contributed by atoms with E-state index in [-0.39, 0.29) is 10.9 Å². The van der Waals surface area contributed by atoms with Crippen molar-refractivity contribution < 1.29 is 12.8 Å². The van der Waals surface area contributed by atoms with Crippen molar-refractivity contribution >= 4 is 10.0 Å². The SMILES string of the molecule is CCN(C1CC1)S(=O)(=O)c1cc(F)ccc1C. The van der Waals surface area contributed by atoms with Crippen LogP contribution in [-0.4, -0.2) is 25.3 Å². The van der Waals surface area contributed by atoms with Gasteiger partial charge in [-0.1, -0.05) is 13.0 Å². The first-order valence-corrected chi connectivity index (χ1v) is 7.19. The van der Waals surface area contributed by atoms with Gasteiger partial charge in [0.05, 0.1) is 4.90 Å². The lowest BCUT2D eigenvalue weighted by molar-refractivity contribution is 0.420. The molecule has 0 atom stereocenters. The minimum absolute atomic E-state index is 0.0891. The molecule has 0 spiro atoms. The average molecular weight is 257 g/mol. The fourth-order valence-electron chi connectivity index (χ4n) is 1.97. The van der Waals surface area contributed by atoms with E-state index < -0.39 is 15.8 Å².